The Hall–Kier alpha value is -2.93. The van der Waals surface area contributed by atoms with Crippen molar-refractivity contribution in [3.8, 4) is 5.75 Å². The van der Waals surface area contributed by atoms with Crippen molar-refractivity contribution in [2.24, 2.45) is 0 Å². The molecule has 31 heavy (non-hydrogen) atoms. The summed E-state index contributed by atoms with van der Waals surface area (Å²) in [6.07, 6.45) is 4.16. The number of anilines is 2. The van der Waals surface area contributed by atoms with Crippen molar-refractivity contribution in [3.63, 3.8) is 0 Å². The summed E-state index contributed by atoms with van der Waals surface area (Å²) in [5.74, 6) is 2.09. The van der Waals surface area contributed by atoms with Crippen LogP contribution in [0.25, 0.3) is 10.9 Å². The van der Waals surface area contributed by atoms with Gasteiger partial charge in [-0.25, -0.2) is 9.37 Å². The van der Waals surface area contributed by atoms with E-state index < -0.39 is 0 Å². The number of aromatic nitrogens is 2. The zero-order valence-corrected chi connectivity index (χ0v) is 18.4. The average Bonchev–Trinajstić information content (AvgIpc) is 2.78. The molecular weight excluding hydrogens is 393 g/mol. The summed E-state index contributed by atoms with van der Waals surface area (Å²) >= 11 is 0. The quantitative estimate of drug-likeness (QED) is 0.589. The third kappa shape index (κ3) is 5.05. The molecule has 0 saturated heterocycles. The second-order valence-corrected chi connectivity index (χ2v) is 8.31. The molecule has 0 bridgehead atoms. The van der Waals surface area contributed by atoms with Gasteiger partial charge in [-0.3, -0.25) is 0 Å². The minimum absolute atomic E-state index is 0.238. The number of ether oxygens (including phenoxy) is 1. The van der Waals surface area contributed by atoms with Crippen LogP contribution in [0, 0.1) is 5.82 Å². The predicted molar refractivity (Wildman–Crippen MR) is 123 cm³/mol. The Labute approximate surface area is 182 Å². The third-order valence-corrected chi connectivity index (χ3v) is 5.89. The van der Waals surface area contributed by atoms with Gasteiger partial charge in [0.05, 0.1) is 12.6 Å². The van der Waals surface area contributed by atoms with Crippen molar-refractivity contribution in [3.05, 3.63) is 53.8 Å². The molecule has 4 rings (SSSR count). The van der Waals surface area contributed by atoms with E-state index in [9.17, 15) is 4.39 Å². The van der Waals surface area contributed by atoms with Crippen LogP contribution < -0.4 is 20.3 Å². The number of nitrogens with zero attached hydrogens (tertiary/aromatic N) is 3. The van der Waals surface area contributed by atoms with Crippen LogP contribution in [-0.4, -0.2) is 43.3 Å². The molecule has 0 aliphatic heterocycles. The number of rotatable bonds is 7. The largest absolute Gasteiger partial charge is 0.496 e. The van der Waals surface area contributed by atoms with Crippen molar-refractivity contribution in [1.29, 1.82) is 0 Å². The summed E-state index contributed by atoms with van der Waals surface area (Å²) in [5, 5.41) is 8.16. The highest BCUT2D eigenvalue weighted by Gasteiger charge is 2.22. The van der Waals surface area contributed by atoms with Gasteiger partial charge in [0.25, 0.3) is 0 Å². The summed E-state index contributed by atoms with van der Waals surface area (Å²) in [7, 11) is 5.62. The fraction of sp³-hybridized carbons (Fsp3) is 0.417. The predicted octanol–water partition coefficient (Wildman–Crippen LogP) is 4.36. The lowest BCUT2D eigenvalue weighted by atomic mass is 9.91. The Morgan fingerprint density at radius 2 is 1.77 bits per heavy atom. The van der Waals surface area contributed by atoms with Crippen LogP contribution in [0.3, 0.4) is 0 Å². The average molecular weight is 424 g/mol. The summed E-state index contributed by atoms with van der Waals surface area (Å²) in [5.41, 5.74) is 1.80. The van der Waals surface area contributed by atoms with E-state index in [2.05, 4.69) is 16.7 Å². The molecule has 0 amide bonds. The van der Waals surface area contributed by atoms with E-state index in [4.69, 9.17) is 14.7 Å². The van der Waals surface area contributed by atoms with Crippen LogP contribution in [0.15, 0.2) is 42.5 Å². The first-order chi connectivity index (χ1) is 15.0. The summed E-state index contributed by atoms with van der Waals surface area (Å²) in [6.45, 7) is 0.601. The topological polar surface area (TPSA) is 62.3 Å². The van der Waals surface area contributed by atoms with Crippen molar-refractivity contribution in [2.45, 2.75) is 44.3 Å². The molecule has 1 aliphatic carbocycles. The molecule has 1 aromatic heterocycles. The third-order valence-electron chi connectivity index (χ3n) is 5.89. The van der Waals surface area contributed by atoms with E-state index in [0.29, 0.717) is 24.6 Å². The standard InChI is InChI=1S/C24H30FN5O/c1-30(2)23-20-6-4-5-7-21(20)28-24(29-23)27-19-11-9-18(10-12-19)26-15-16-14-17(25)8-13-22(16)31-3/h4-8,13-14,18-19,26H,9-12,15H2,1-3H3,(H,27,28,29)/t18-,19+. The molecule has 1 aliphatic rings. The maximum absolute atomic E-state index is 13.6. The molecule has 0 spiro atoms. The number of para-hydroxylation sites is 1. The van der Waals surface area contributed by atoms with Gasteiger partial charge in [-0.15, -0.1) is 0 Å². The van der Waals surface area contributed by atoms with Gasteiger partial charge in [0.2, 0.25) is 5.95 Å². The van der Waals surface area contributed by atoms with Crippen LogP contribution in [0.1, 0.15) is 31.2 Å². The van der Waals surface area contributed by atoms with E-state index in [1.54, 1.807) is 19.2 Å². The lowest BCUT2D eigenvalue weighted by molar-refractivity contribution is 0.347. The molecule has 2 aromatic carbocycles. The van der Waals surface area contributed by atoms with E-state index in [0.717, 1.165) is 53.7 Å². The van der Waals surface area contributed by atoms with Crippen LogP contribution in [0.4, 0.5) is 16.2 Å². The van der Waals surface area contributed by atoms with Crippen LogP contribution in [0.5, 0.6) is 5.75 Å². The molecule has 2 N–H and O–H groups in total. The van der Waals surface area contributed by atoms with Gasteiger partial charge < -0.3 is 20.3 Å². The molecule has 0 unspecified atom stereocenters. The van der Waals surface area contributed by atoms with Crippen molar-refractivity contribution in [1.82, 2.24) is 15.3 Å². The molecule has 3 aromatic rings. The first-order valence-corrected chi connectivity index (χ1v) is 10.8. The van der Waals surface area contributed by atoms with Crippen LogP contribution in [0.2, 0.25) is 0 Å². The maximum atomic E-state index is 13.6. The molecule has 0 radical (unpaired) electrons. The van der Waals surface area contributed by atoms with E-state index >= 15 is 0 Å². The molecule has 1 saturated carbocycles. The molecular formula is C24H30FN5O. The van der Waals surface area contributed by atoms with Gasteiger partial charge in [-0.05, 0) is 56.0 Å². The van der Waals surface area contributed by atoms with Gasteiger partial charge in [0.15, 0.2) is 0 Å². The van der Waals surface area contributed by atoms with Crippen molar-refractivity contribution < 1.29 is 9.13 Å². The van der Waals surface area contributed by atoms with Crippen molar-refractivity contribution in [2.75, 3.05) is 31.4 Å². The minimum Gasteiger partial charge on any atom is -0.496 e. The summed E-state index contributed by atoms with van der Waals surface area (Å²) < 4.78 is 18.9. The Kier molecular flexibility index (Phi) is 6.51. The number of hydrogen-bond donors (Lipinski definition) is 2. The minimum atomic E-state index is -0.238. The zero-order chi connectivity index (χ0) is 21.8. The molecule has 0 atom stereocenters. The maximum Gasteiger partial charge on any atom is 0.225 e. The Balaban J connectivity index is 1.35. The molecule has 7 heteroatoms. The normalized spacial score (nSPS) is 18.7. The monoisotopic (exact) mass is 423 g/mol. The zero-order valence-electron chi connectivity index (χ0n) is 18.4. The fourth-order valence-corrected chi connectivity index (χ4v) is 4.23. The number of nitrogens with one attached hydrogen (secondary N) is 2. The lowest BCUT2D eigenvalue weighted by Gasteiger charge is -2.30. The number of methoxy groups -OCH3 is 1. The highest BCUT2D eigenvalue weighted by molar-refractivity contribution is 5.90. The first-order valence-electron chi connectivity index (χ1n) is 10.8. The Morgan fingerprint density at radius 1 is 1.03 bits per heavy atom. The molecule has 1 fully saturated rings. The van der Waals surface area contributed by atoms with Gasteiger partial charge >= 0.3 is 0 Å². The van der Waals surface area contributed by atoms with Crippen molar-refractivity contribution >= 4 is 22.7 Å². The van der Waals surface area contributed by atoms with Gasteiger partial charge in [0, 0.05) is 43.7 Å². The molecule has 6 nitrogen and oxygen atoms in total. The van der Waals surface area contributed by atoms with E-state index in [1.165, 1.54) is 6.07 Å². The first kappa shape index (κ1) is 21.3. The number of halogens is 1. The van der Waals surface area contributed by atoms with Gasteiger partial charge in [-0.1, -0.05) is 12.1 Å². The second-order valence-electron chi connectivity index (χ2n) is 8.31. The smallest absolute Gasteiger partial charge is 0.225 e. The van der Waals surface area contributed by atoms with E-state index in [-0.39, 0.29) is 5.82 Å². The van der Waals surface area contributed by atoms with Gasteiger partial charge in [-0.2, -0.15) is 4.98 Å². The lowest BCUT2D eigenvalue weighted by Crippen LogP contribution is -2.37. The Morgan fingerprint density at radius 3 is 2.52 bits per heavy atom. The second kappa shape index (κ2) is 9.47. The number of benzene rings is 2. The molecule has 1 heterocycles. The van der Waals surface area contributed by atoms with E-state index in [1.807, 2.05) is 37.2 Å². The number of fused-ring (bicyclic) bond motifs is 1. The summed E-state index contributed by atoms with van der Waals surface area (Å²) in [4.78, 5) is 11.5. The van der Waals surface area contributed by atoms with Crippen LogP contribution >= 0.6 is 0 Å². The highest BCUT2D eigenvalue weighted by atomic mass is 19.1. The summed E-state index contributed by atoms with van der Waals surface area (Å²) in [6, 6.07) is 13.5. The fourth-order valence-electron chi connectivity index (χ4n) is 4.23. The van der Waals surface area contributed by atoms with Crippen LogP contribution in [-0.2, 0) is 6.54 Å². The number of hydrogen-bond acceptors (Lipinski definition) is 6. The Bertz CT molecular complexity index is 1030. The SMILES string of the molecule is COc1ccc(F)cc1CN[C@H]1CC[C@@H](Nc2nc(N(C)C)c3ccccc3n2)CC1. The highest BCUT2D eigenvalue weighted by Crippen LogP contribution is 2.27. The van der Waals surface area contributed by atoms with Gasteiger partial charge in [0.1, 0.15) is 17.4 Å². The molecule has 164 valence electrons.